The van der Waals surface area contributed by atoms with Gasteiger partial charge in [-0.15, -0.1) is 0 Å². The molecule has 0 bridgehead atoms. The highest BCUT2D eigenvalue weighted by molar-refractivity contribution is 5.97. The monoisotopic (exact) mass is 373 g/mol. The van der Waals surface area contributed by atoms with Crippen molar-refractivity contribution >= 4 is 17.7 Å². The van der Waals surface area contributed by atoms with E-state index < -0.39 is 5.91 Å². The SMILES string of the molecule is C[C@H](Nc1ncc(C(N)=O)c(N[C@@H]2CCC[C@H](O)C2)n1)c1ccc(F)cc1. The molecular weight excluding hydrogens is 349 g/mol. The lowest BCUT2D eigenvalue weighted by Gasteiger charge is -2.27. The van der Waals surface area contributed by atoms with E-state index in [2.05, 4.69) is 20.6 Å². The molecule has 1 aromatic carbocycles. The summed E-state index contributed by atoms with van der Waals surface area (Å²) < 4.78 is 13.1. The van der Waals surface area contributed by atoms with Crippen molar-refractivity contribution in [2.24, 2.45) is 5.73 Å². The Morgan fingerprint density at radius 3 is 2.74 bits per heavy atom. The average Bonchev–Trinajstić information content (AvgIpc) is 2.62. The second kappa shape index (κ2) is 8.30. The Morgan fingerprint density at radius 2 is 2.07 bits per heavy atom. The predicted octanol–water partition coefficient (Wildman–Crippen LogP) is 2.60. The quantitative estimate of drug-likeness (QED) is 0.619. The Labute approximate surface area is 157 Å². The van der Waals surface area contributed by atoms with E-state index in [0.717, 1.165) is 24.8 Å². The largest absolute Gasteiger partial charge is 0.393 e. The van der Waals surface area contributed by atoms with Gasteiger partial charge in [0.15, 0.2) is 0 Å². The van der Waals surface area contributed by atoms with E-state index in [-0.39, 0.29) is 29.6 Å². The Hall–Kier alpha value is -2.74. The lowest BCUT2D eigenvalue weighted by molar-refractivity contribution is 0.100. The fraction of sp³-hybridized carbons (Fsp3) is 0.421. The zero-order valence-corrected chi connectivity index (χ0v) is 15.2. The molecule has 1 aliphatic carbocycles. The zero-order chi connectivity index (χ0) is 19.4. The summed E-state index contributed by atoms with van der Waals surface area (Å²) >= 11 is 0. The standard InChI is InChI=1S/C19H24FN5O2/c1-11(12-5-7-13(20)8-6-12)23-19-22-10-16(17(21)27)18(25-19)24-14-3-2-4-15(26)9-14/h5-8,10-11,14-15,26H,2-4,9H2,1H3,(H2,21,27)(H2,22,23,24,25)/t11-,14+,15-/m0/s1. The molecule has 8 heteroatoms. The van der Waals surface area contributed by atoms with Gasteiger partial charge < -0.3 is 21.5 Å². The van der Waals surface area contributed by atoms with Crippen LogP contribution in [0.25, 0.3) is 0 Å². The molecule has 3 atom stereocenters. The van der Waals surface area contributed by atoms with E-state index in [1.54, 1.807) is 12.1 Å². The number of carbonyl (C=O) groups excluding carboxylic acids is 1. The van der Waals surface area contributed by atoms with Gasteiger partial charge >= 0.3 is 0 Å². The van der Waals surface area contributed by atoms with Crippen LogP contribution in [0, 0.1) is 5.82 Å². The number of hydrogen-bond donors (Lipinski definition) is 4. The van der Waals surface area contributed by atoms with Crippen LogP contribution in [0.4, 0.5) is 16.2 Å². The predicted molar refractivity (Wildman–Crippen MR) is 101 cm³/mol. The summed E-state index contributed by atoms with van der Waals surface area (Å²) in [6.07, 6.45) is 4.20. The second-order valence-electron chi connectivity index (χ2n) is 6.90. The number of nitrogens with zero attached hydrogens (tertiary/aromatic N) is 2. The minimum absolute atomic E-state index is 0.0177. The third-order valence-corrected chi connectivity index (χ3v) is 4.76. The maximum Gasteiger partial charge on any atom is 0.254 e. The first-order chi connectivity index (χ1) is 12.9. The highest BCUT2D eigenvalue weighted by Gasteiger charge is 2.23. The van der Waals surface area contributed by atoms with Crippen molar-refractivity contribution in [1.29, 1.82) is 0 Å². The number of carbonyl (C=O) groups is 1. The molecule has 0 spiro atoms. The molecule has 5 N–H and O–H groups in total. The first kappa shape index (κ1) is 19.0. The van der Waals surface area contributed by atoms with Crippen molar-refractivity contribution in [3.8, 4) is 0 Å². The minimum atomic E-state index is -0.619. The lowest BCUT2D eigenvalue weighted by atomic mass is 9.93. The summed E-state index contributed by atoms with van der Waals surface area (Å²) in [6, 6.07) is 6.02. The summed E-state index contributed by atoms with van der Waals surface area (Å²) in [5.74, 6) is -0.234. The maximum absolute atomic E-state index is 13.1. The Bertz CT molecular complexity index is 799. The molecular formula is C19H24FN5O2. The molecule has 0 aliphatic heterocycles. The Balaban J connectivity index is 1.78. The van der Waals surface area contributed by atoms with E-state index >= 15 is 0 Å². The molecule has 27 heavy (non-hydrogen) atoms. The van der Waals surface area contributed by atoms with Gasteiger partial charge in [0.05, 0.1) is 17.7 Å². The first-order valence-electron chi connectivity index (χ1n) is 9.06. The molecule has 1 aromatic heterocycles. The number of rotatable bonds is 6. The van der Waals surface area contributed by atoms with E-state index in [4.69, 9.17) is 5.73 Å². The van der Waals surface area contributed by atoms with Crippen LogP contribution in [-0.2, 0) is 0 Å². The number of anilines is 2. The molecule has 144 valence electrons. The van der Waals surface area contributed by atoms with E-state index in [1.165, 1.54) is 18.3 Å². The Morgan fingerprint density at radius 1 is 1.33 bits per heavy atom. The van der Waals surface area contributed by atoms with Gasteiger partial charge in [0.1, 0.15) is 11.6 Å². The number of hydrogen-bond acceptors (Lipinski definition) is 6. The summed E-state index contributed by atoms with van der Waals surface area (Å²) in [7, 11) is 0. The average molecular weight is 373 g/mol. The molecule has 1 aliphatic rings. The first-order valence-corrected chi connectivity index (χ1v) is 9.06. The van der Waals surface area contributed by atoms with Crippen LogP contribution in [0.1, 0.15) is 54.6 Å². The van der Waals surface area contributed by atoms with Crippen LogP contribution >= 0.6 is 0 Å². The number of benzene rings is 1. The molecule has 1 heterocycles. The third-order valence-electron chi connectivity index (χ3n) is 4.76. The topological polar surface area (TPSA) is 113 Å². The number of nitrogens with two attached hydrogens (primary N) is 1. The van der Waals surface area contributed by atoms with Gasteiger partial charge in [-0.3, -0.25) is 4.79 Å². The number of aromatic nitrogens is 2. The molecule has 1 saturated carbocycles. The van der Waals surface area contributed by atoms with Crippen molar-refractivity contribution in [3.63, 3.8) is 0 Å². The van der Waals surface area contributed by atoms with Gasteiger partial charge in [0.2, 0.25) is 5.95 Å². The minimum Gasteiger partial charge on any atom is -0.393 e. The van der Waals surface area contributed by atoms with Gasteiger partial charge in [-0.05, 0) is 50.3 Å². The number of nitrogens with one attached hydrogen (secondary N) is 2. The van der Waals surface area contributed by atoms with Gasteiger partial charge in [-0.2, -0.15) is 4.98 Å². The number of amides is 1. The van der Waals surface area contributed by atoms with Crippen molar-refractivity contribution in [2.75, 3.05) is 10.6 Å². The van der Waals surface area contributed by atoms with Gasteiger partial charge in [0, 0.05) is 12.2 Å². The normalized spacial score (nSPS) is 20.7. The molecule has 3 rings (SSSR count). The van der Waals surface area contributed by atoms with Crippen LogP contribution in [0.2, 0.25) is 0 Å². The number of aliphatic hydroxyl groups is 1. The molecule has 0 unspecified atom stereocenters. The van der Waals surface area contributed by atoms with Crippen LogP contribution in [-0.4, -0.2) is 33.1 Å². The van der Waals surface area contributed by atoms with Crippen LogP contribution in [0.15, 0.2) is 30.5 Å². The number of primary amides is 1. The van der Waals surface area contributed by atoms with Crippen molar-refractivity contribution in [3.05, 3.63) is 47.4 Å². The summed E-state index contributed by atoms with van der Waals surface area (Å²) in [6.45, 7) is 1.91. The maximum atomic E-state index is 13.1. The highest BCUT2D eigenvalue weighted by Crippen LogP contribution is 2.24. The molecule has 1 fully saturated rings. The van der Waals surface area contributed by atoms with Crippen molar-refractivity contribution in [2.45, 2.75) is 50.8 Å². The molecule has 1 amide bonds. The van der Waals surface area contributed by atoms with Crippen LogP contribution < -0.4 is 16.4 Å². The fourth-order valence-electron chi connectivity index (χ4n) is 3.26. The fourth-order valence-corrected chi connectivity index (χ4v) is 3.26. The molecule has 0 radical (unpaired) electrons. The van der Waals surface area contributed by atoms with E-state index in [9.17, 15) is 14.3 Å². The highest BCUT2D eigenvalue weighted by atomic mass is 19.1. The Kier molecular flexibility index (Phi) is 5.85. The van der Waals surface area contributed by atoms with Gasteiger partial charge in [-0.1, -0.05) is 12.1 Å². The molecule has 0 saturated heterocycles. The van der Waals surface area contributed by atoms with Gasteiger partial charge in [-0.25, -0.2) is 9.37 Å². The van der Waals surface area contributed by atoms with Crippen molar-refractivity contribution in [1.82, 2.24) is 9.97 Å². The second-order valence-corrected chi connectivity index (χ2v) is 6.90. The van der Waals surface area contributed by atoms with Crippen LogP contribution in [0.3, 0.4) is 0 Å². The molecule has 2 aromatic rings. The zero-order valence-electron chi connectivity index (χ0n) is 15.2. The lowest BCUT2D eigenvalue weighted by Crippen LogP contribution is -2.31. The number of aliphatic hydroxyl groups excluding tert-OH is 1. The van der Waals surface area contributed by atoms with Crippen LogP contribution in [0.5, 0.6) is 0 Å². The summed E-state index contributed by atoms with van der Waals surface area (Å²) in [4.78, 5) is 20.3. The van der Waals surface area contributed by atoms with Gasteiger partial charge in [0.25, 0.3) is 5.91 Å². The van der Waals surface area contributed by atoms with E-state index in [1.807, 2.05) is 6.92 Å². The smallest absolute Gasteiger partial charge is 0.254 e. The third kappa shape index (κ3) is 4.91. The summed E-state index contributed by atoms with van der Waals surface area (Å²) in [5, 5.41) is 16.2. The molecule has 7 nitrogen and oxygen atoms in total. The van der Waals surface area contributed by atoms with E-state index in [0.29, 0.717) is 18.2 Å². The number of halogens is 1. The summed E-state index contributed by atoms with van der Waals surface area (Å²) in [5.41, 5.74) is 6.52. The van der Waals surface area contributed by atoms with Crippen molar-refractivity contribution < 1.29 is 14.3 Å².